The van der Waals surface area contributed by atoms with E-state index in [0.29, 0.717) is 45.6 Å². The van der Waals surface area contributed by atoms with Crippen molar-refractivity contribution in [3.63, 3.8) is 0 Å². The number of ether oxygens (including phenoxy) is 3. The lowest BCUT2D eigenvalue weighted by atomic mass is 9.95. The molecule has 2 heterocycles. The Labute approximate surface area is 235 Å². The minimum absolute atomic E-state index is 0.0371. The highest BCUT2D eigenvalue weighted by Gasteiger charge is 2.48. The van der Waals surface area contributed by atoms with Crippen LogP contribution >= 0.6 is 11.3 Å². The van der Waals surface area contributed by atoms with Crippen molar-refractivity contribution in [1.29, 1.82) is 0 Å². The second-order valence-corrected chi connectivity index (χ2v) is 10.1. The van der Waals surface area contributed by atoms with Crippen LogP contribution in [-0.2, 0) is 9.59 Å². The first kappa shape index (κ1) is 27.0. The molecule has 0 radical (unpaired) electrons. The summed E-state index contributed by atoms with van der Waals surface area (Å²) in [5.41, 5.74) is 1.60. The Bertz CT molecular complexity index is 1610. The number of methoxy groups -OCH3 is 1. The highest BCUT2D eigenvalue weighted by Crippen LogP contribution is 2.45. The van der Waals surface area contributed by atoms with E-state index in [9.17, 15) is 14.7 Å². The zero-order valence-electron chi connectivity index (χ0n) is 22.1. The van der Waals surface area contributed by atoms with Gasteiger partial charge in [0, 0.05) is 5.56 Å². The first-order valence-electron chi connectivity index (χ1n) is 12.8. The SMILES string of the molecule is C=CCOc1cccc(C2C(=C(O)c3ccc(OCCC)cc3)C(=O)C(=O)N2c2nc3ccc(OC)cc3s2)c1. The number of anilines is 1. The summed E-state index contributed by atoms with van der Waals surface area (Å²) in [7, 11) is 1.57. The number of benzene rings is 3. The van der Waals surface area contributed by atoms with Gasteiger partial charge in [-0.15, -0.1) is 0 Å². The maximum absolute atomic E-state index is 13.6. The van der Waals surface area contributed by atoms with Crippen LogP contribution in [-0.4, -0.2) is 42.1 Å². The molecule has 204 valence electrons. The molecule has 8 nitrogen and oxygen atoms in total. The van der Waals surface area contributed by atoms with Crippen molar-refractivity contribution in [2.45, 2.75) is 19.4 Å². The van der Waals surface area contributed by atoms with E-state index >= 15 is 0 Å². The van der Waals surface area contributed by atoms with Crippen molar-refractivity contribution in [1.82, 2.24) is 4.98 Å². The van der Waals surface area contributed by atoms with E-state index in [4.69, 9.17) is 14.2 Å². The number of aromatic nitrogens is 1. The Hall–Kier alpha value is -4.63. The van der Waals surface area contributed by atoms with Crippen LogP contribution in [0.4, 0.5) is 5.13 Å². The monoisotopic (exact) mass is 556 g/mol. The standard InChI is InChI=1S/C31H28N2O6S/c1-4-15-38-21-11-9-19(10-12-21)28(34)26-27(20-7-6-8-23(17-20)39-16-5-2)33(30(36)29(26)35)31-32-24-14-13-22(37-3)18-25(24)40-31/h5-14,17-18,27,34H,2,4,15-16H2,1,3H3. The quantitative estimate of drug-likeness (QED) is 0.106. The van der Waals surface area contributed by atoms with Crippen LogP contribution in [0.25, 0.3) is 16.0 Å². The summed E-state index contributed by atoms with van der Waals surface area (Å²) in [5.74, 6) is -0.0319. The maximum Gasteiger partial charge on any atom is 0.301 e. The first-order chi connectivity index (χ1) is 19.4. The Balaban J connectivity index is 1.65. The zero-order chi connectivity index (χ0) is 28.2. The molecule has 0 aliphatic carbocycles. The van der Waals surface area contributed by atoms with Gasteiger partial charge in [-0.2, -0.15) is 0 Å². The maximum atomic E-state index is 13.6. The summed E-state index contributed by atoms with van der Waals surface area (Å²) >= 11 is 1.26. The van der Waals surface area contributed by atoms with E-state index in [2.05, 4.69) is 11.6 Å². The number of thiazole rings is 1. The molecular weight excluding hydrogens is 528 g/mol. The van der Waals surface area contributed by atoms with Crippen molar-refractivity contribution in [2.75, 3.05) is 25.2 Å². The van der Waals surface area contributed by atoms with Gasteiger partial charge in [-0.05, 0) is 66.6 Å². The van der Waals surface area contributed by atoms with Crippen LogP contribution in [0, 0.1) is 0 Å². The second kappa shape index (κ2) is 11.6. The van der Waals surface area contributed by atoms with Crippen LogP contribution < -0.4 is 19.1 Å². The smallest absolute Gasteiger partial charge is 0.301 e. The molecule has 1 saturated heterocycles. The Morgan fingerprint density at radius 1 is 1.05 bits per heavy atom. The average molecular weight is 557 g/mol. The molecule has 1 aliphatic heterocycles. The Morgan fingerprint density at radius 2 is 1.82 bits per heavy atom. The summed E-state index contributed by atoms with van der Waals surface area (Å²) in [6.07, 6.45) is 2.49. The number of Topliss-reactive ketones (excluding diaryl/α,β-unsaturated/α-hetero) is 1. The number of hydrogen-bond donors (Lipinski definition) is 1. The molecule has 1 fully saturated rings. The normalized spacial score (nSPS) is 16.4. The first-order valence-corrected chi connectivity index (χ1v) is 13.6. The second-order valence-electron chi connectivity index (χ2n) is 9.04. The van der Waals surface area contributed by atoms with E-state index in [-0.39, 0.29) is 17.9 Å². The number of carbonyl (C=O) groups is 2. The minimum Gasteiger partial charge on any atom is -0.507 e. The number of fused-ring (bicyclic) bond motifs is 1. The van der Waals surface area contributed by atoms with Crippen molar-refractivity contribution < 1.29 is 28.9 Å². The lowest BCUT2D eigenvalue weighted by molar-refractivity contribution is -0.132. The van der Waals surface area contributed by atoms with E-state index in [1.54, 1.807) is 73.8 Å². The summed E-state index contributed by atoms with van der Waals surface area (Å²) in [6.45, 7) is 6.55. The van der Waals surface area contributed by atoms with Crippen LogP contribution in [0.2, 0.25) is 0 Å². The van der Waals surface area contributed by atoms with Crippen molar-refractivity contribution in [3.8, 4) is 17.2 Å². The molecule has 5 rings (SSSR count). The van der Waals surface area contributed by atoms with Gasteiger partial charge in [0.15, 0.2) is 5.13 Å². The number of hydrogen-bond acceptors (Lipinski definition) is 8. The minimum atomic E-state index is -0.939. The van der Waals surface area contributed by atoms with Gasteiger partial charge >= 0.3 is 5.91 Å². The van der Waals surface area contributed by atoms with E-state index < -0.39 is 17.7 Å². The third-order valence-electron chi connectivity index (χ3n) is 6.38. The molecule has 4 aromatic rings. The number of aliphatic hydroxyl groups excluding tert-OH is 1. The van der Waals surface area contributed by atoms with Gasteiger partial charge in [-0.3, -0.25) is 14.5 Å². The largest absolute Gasteiger partial charge is 0.507 e. The van der Waals surface area contributed by atoms with Crippen LogP contribution in [0.15, 0.2) is 85.0 Å². The van der Waals surface area contributed by atoms with Gasteiger partial charge in [0.2, 0.25) is 0 Å². The molecule has 0 spiro atoms. The van der Waals surface area contributed by atoms with Crippen molar-refractivity contribution in [3.05, 3.63) is 96.1 Å². The lowest BCUT2D eigenvalue weighted by Crippen LogP contribution is -2.29. The summed E-state index contributed by atoms with van der Waals surface area (Å²) in [5, 5.41) is 11.8. The number of amides is 1. The molecule has 1 amide bonds. The number of aliphatic hydroxyl groups is 1. The number of nitrogens with zero attached hydrogens (tertiary/aromatic N) is 2. The Morgan fingerprint density at radius 3 is 2.55 bits per heavy atom. The lowest BCUT2D eigenvalue weighted by Gasteiger charge is -2.23. The fourth-order valence-corrected chi connectivity index (χ4v) is 5.50. The fraction of sp³-hybridized carbons (Fsp3) is 0.194. The van der Waals surface area contributed by atoms with E-state index in [0.717, 1.165) is 11.1 Å². The van der Waals surface area contributed by atoms with E-state index in [1.165, 1.54) is 16.2 Å². The van der Waals surface area contributed by atoms with Crippen LogP contribution in [0.1, 0.15) is 30.5 Å². The van der Waals surface area contributed by atoms with Crippen molar-refractivity contribution in [2.24, 2.45) is 0 Å². The van der Waals surface area contributed by atoms with Gasteiger partial charge in [0.05, 0.1) is 35.5 Å². The molecule has 1 aliphatic rings. The van der Waals surface area contributed by atoms with E-state index in [1.807, 2.05) is 13.0 Å². The molecule has 9 heteroatoms. The average Bonchev–Trinajstić information content (AvgIpc) is 3.52. The molecule has 1 atom stereocenters. The highest BCUT2D eigenvalue weighted by atomic mass is 32.1. The van der Waals surface area contributed by atoms with Gasteiger partial charge in [0.1, 0.15) is 29.6 Å². The molecule has 1 N–H and O–H groups in total. The molecule has 0 bridgehead atoms. The van der Waals surface area contributed by atoms with Crippen LogP contribution in [0.3, 0.4) is 0 Å². The predicted octanol–water partition coefficient (Wildman–Crippen LogP) is 6.28. The number of rotatable bonds is 10. The molecule has 40 heavy (non-hydrogen) atoms. The number of carbonyl (C=O) groups excluding carboxylic acids is 2. The number of ketones is 1. The van der Waals surface area contributed by atoms with Gasteiger partial charge in [-0.1, -0.05) is 43.0 Å². The molecular formula is C31H28N2O6S. The highest BCUT2D eigenvalue weighted by molar-refractivity contribution is 7.22. The summed E-state index contributed by atoms with van der Waals surface area (Å²) in [4.78, 5) is 33.1. The topological polar surface area (TPSA) is 98.2 Å². The third kappa shape index (κ3) is 5.15. The zero-order valence-corrected chi connectivity index (χ0v) is 22.9. The molecule has 1 unspecified atom stereocenters. The summed E-state index contributed by atoms with van der Waals surface area (Å²) < 4.78 is 17.5. The Kier molecular flexibility index (Phi) is 7.84. The summed E-state index contributed by atoms with van der Waals surface area (Å²) in [6, 6.07) is 18.3. The molecule has 3 aromatic carbocycles. The van der Waals surface area contributed by atoms with Crippen molar-refractivity contribution >= 4 is 44.1 Å². The van der Waals surface area contributed by atoms with Crippen LogP contribution in [0.5, 0.6) is 17.2 Å². The fourth-order valence-electron chi connectivity index (χ4n) is 4.48. The third-order valence-corrected chi connectivity index (χ3v) is 7.39. The van der Waals surface area contributed by atoms with Gasteiger partial charge in [-0.25, -0.2) is 4.98 Å². The van der Waals surface area contributed by atoms with Gasteiger partial charge in [0.25, 0.3) is 5.78 Å². The molecule has 1 aromatic heterocycles. The van der Waals surface area contributed by atoms with Gasteiger partial charge < -0.3 is 19.3 Å². The predicted molar refractivity (Wildman–Crippen MR) is 155 cm³/mol. The molecule has 0 saturated carbocycles.